The summed E-state index contributed by atoms with van der Waals surface area (Å²) in [4.78, 5) is 13.6. The van der Waals surface area contributed by atoms with Gasteiger partial charge in [-0.1, -0.05) is 0 Å². The van der Waals surface area contributed by atoms with Crippen molar-refractivity contribution in [1.29, 1.82) is 0 Å². The van der Waals surface area contributed by atoms with Crippen molar-refractivity contribution in [2.45, 2.75) is 12.6 Å². The quantitative estimate of drug-likeness (QED) is 0.715. The van der Waals surface area contributed by atoms with Gasteiger partial charge in [-0.2, -0.15) is 11.3 Å². The van der Waals surface area contributed by atoms with Gasteiger partial charge in [0.1, 0.15) is 6.10 Å². The van der Waals surface area contributed by atoms with Crippen LogP contribution in [-0.4, -0.2) is 11.0 Å². The van der Waals surface area contributed by atoms with E-state index in [2.05, 4.69) is 5.32 Å². The van der Waals surface area contributed by atoms with Crippen molar-refractivity contribution in [3.8, 4) is 0 Å². The number of thiophene rings is 2. The normalized spacial score (nSPS) is 12.1. The summed E-state index contributed by atoms with van der Waals surface area (Å²) in [6.45, 7) is 0.249. The summed E-state index contributed by atoms with van der Waals surface area (Å²) < 4.78 is 26.0. The van der Waals surface area contributed by atoms with Crippen molar-refractivity contribution in [3.63, 3.8) is 0 Å². The number of rotatable bonds is 5. The van der Waals surface area contributed by atoms with E-state index in [0.717, 1.165) is 27.5 Å². The fraction of sp³-hybridized carbons (Fsp3) is 0.118. The van der Waals surface area contributed by atoms with Gasteiger partial charge in [-0.05, 0) is 52.7 Å². The molecule has 3 rings (SSSR count). The Morgan fingerprint density at radius 3 is 2.71 bits per heavy atom. The van der Waals surface area contributed by atoms with Gasteiger partial charge in [0.05, 0.1) is 6.54 Å². The Morgan fingerprint density at radius 2 is 2.00 bits per heavy atom. The SMILES string of the molecule is O=C(NCc1ccc(C(O)c2ccsc2)s1)c1ccc(F)c(F)c1. The minimum Gasteiger partial charge on any atom is -0.383 e. The molecule has 0 spiro atoms. The Balaban J connectivity index is 1.63. The van der Waals surface area contributed by atoms with Crippen LogP contribution in [0.4, 0.5) is 8.78 Å². The van der Waals surface area contributed by atoms with E-state index in [1.807, 2.05) is 29.0 Å². The summed E-state index contributed by atoms with van der Waals surface area (Å²) in [6, 6.07) is 8.51. The van der Waals surface area contributed by atoms with Crippen LogP contribution in [0.3, 0.4) is 0 Å². The molecule has 1 unspecified atom stereocenters. The first-order chi connectivity index (χ1) is 11.5. The van der Waals surface area contributed by atoms with Crippen LogP contribution < -0.4 is 5.32 Å². The minimum atomic E-state index is -1.06. The van der Waals surface area contributed by atoms with Crippen LogP contribution in [0.25, 0.3) is 0 Å². The molecule has 1 aromatic carbocycles. The molecular weight excluding hydrogens is 352 g/mol. The third kappa shape index (κ3) is 3.69. The lowest BCUT2D eigenvalue weighted by Gasteiger charge is -2.06. The monoisotopic (exact) mass is 365 g/mol. The number of aliphatic hydroxyl groups is 1. The number of hydrogen-bond donors (Lipinski definition) is 2. The molecule has 3 aromatic rings. The number of aliphatic hydroxyl groups excluding tert-OH is 1. The first-order valence-electron chi connectivity index (χ1n) is 7.06. The molecule has 0 saturated carbocycles. The Kier molecular flexibility index (Phi) is 5.03. The van der Waals surface area contributed by atoms with E-state index in [9.17, 15) is 18.7 Å². The van der Waals surface area contributed by atoms with Gasteiger partial charge >= 0.3 is 0 Å². The molecule has 0 radical (unpaired) electrons. The van der Waals surface area contributed by atoms with E-state index in [1.165, 1.54) is 28.7 Å². The molecule has 0 aliphatic carbocycles. The molecule has 0 saturated heterocycles. The van der Waals surface area contributed by atoms with Crippen molar-refractivity contribution in [2.24, 2.45) is 0 Å². The molecule has 124 valence electrons. The summed E-state index contributed by atoms with van der Waals surface area (Å²) in [7, 11) is 0. The maximum atomic E-state index is 13.1. The molecule has 2 aromatic heterocycles. The molecule has 0 bridgehead atoms. The van der Waals surface area contributed by atoms with Crippen LogP contribution >= 0.6 is 22.7 Å². The second kappa shape index (κ2) is 7.21. The highest BCUT2D eigenvalue weighted by Crippen LogP contribution is 2.29. The first kappa shape index (κ1) is 16.8. The van der Waals surface area contributed by atoms with Crippen LogP contribution in [-0.2, 0) is 6.54 Å². The average molecular weight is 365 g/mol. The minimum absolute atomic E-state index is 0.0592. The van der Waals surface area contributed by atoms with Crippen LogP contribution in [0.5, 0.6) is 0 Å². The second-order valence-corrected chi connectivity index (χ2v) is 7.05. The zero-order valence-electron chi connectivity index (χ0n) is 12.3. The highest BCUT2D eigenvalue weighted by atomic mass is 32.1. The molecule has 1 amide bonds. The van der Waals surface area contributed by atoms with Gasteiger partial charge in [0, 0.05) is 15.3 Å². The highest BCUT2D eigenvalue weighted by molar-refractivity contribution is 7.12. The molecule has 24 heavy (non-hydrogen) atoms. The second-order valence-electron chi connectivity index (χ2n) is 5.07. The van der Waals surface area contributed by atoms with Gasteiger partial charge in [-0.15, -0.1) is 11.3 Å². The summed E-state index contributed by atoms with van der Waals surface area (Å²) in [5, 5.41) is 16.7. The van der Waals surface area contributed by atoms with E-state index >= 15 is 0 Å². The largest absolute Gasteiger partial charge is 0.383 e. The lowest BCUT2D eigenvalue weighted by molar-refractivity contribution is 0.0950. The number of hydrogen-bond acceptors (Lipinski definition) is 4. The smallest absolute Gasteiger partial charge is 0.251 e. The van der Waals surface area contributed by atoms with Crippen molar-refractivity contribution in [3.05, 3.63) is 79.7 Å². The molecule has 3 nitrogen and oxygen atoms in total. The maximum absolute atomic E-state index is 13.1. The van der Waals surface area contributed by atoms with Crippen LogP contribution in [0.15, 0.2) is 47.2 Å². The third-order valence-electron chi connectivity index (χ3n) is 3.42. The van der Waals surface area contributed by atoms with E-state index < -0.39 is 23.6 Å². The van der Waals surface area contributed by atoms with Gasteiger partial charge < -0.3 is 10.4 Å². The number of carbonyl (C=O) groups is 1. The Morgan fingerprint density at radius 1 is 1.17 bits per heavy atom. The Hall–Kier alpha value is -2.09. The number of halogens is 2. The zero-order chi connectivity index (χ0) is 17.1. The van der Waals surface area contributed by atoms with Gasteiger partial charge in [0.15, 0.2) is 11.6 Å². The highest BCUT2D eigenvalue weighted by Gasteiger charge is 2.14. The molecule has 0 aliphatic rings. The van der Waals surface area contributed by atoms with Gasteiger partial charge in [0.25, 0.3) is 5.91 Å². The lowest BCUT2D eigenvalue weighted by atomic mass is 10.2. The molecule has 2 heterocycles. The van der Waals surface area contributed by atoms with Crippen LogP contribution in [0.1, 0.15) is 31.8 Å². The van der Waals surface area contributed by atoms with Crippen molar-refractivity contribution >= 4 is 28.6 Å². The molecule has 0 aliphatic heterocycles. The predicted octanol–water partition coefficient (Wildman–Crippen LogP) is 4.10. The molecule has 2 N–H and O–H groups in total. The summed E-state index contributed by atoms with van der Waals surface area (Å²) in [6.07, 6.45) is -0.683. The van der Waals surface area contributed by atoms with E-state index in [4.69, 9.17) is 0 Å². The third-order valence-corrected chi connectivity index (χ3v) is 5.25. The lowest BCUT2D eigenvalue weighted by Crippen LogP contribution is -2.22. The first-order valence-corrected chi connectivity index (χ1v) is 8.82. The van der Waals surface area contributed by atoms with Crippen molar-refractivity contribution in [1.82, 2.24) is 5.32 Å². The Bertz CT molecular complexity index is 846. The van der Waals surface area contributed by atoms with E-state index in [1.54, 1.807) is 0 Å². The van der Waals surface area contributed by atoms with Crippen molar-refractivity contribution < 1.29 is 18.7 Å². The Labute approximate surface area is 145 Å². The number of carbonyl (C=O) groups excluding carboxylic acids is 1. The van der Waals surface area contributed by atoms with E-state index in [0.29, 0.717) is 0 Å². The molecule has 1 atom stereocenters. The topological polar surface area (TPSA) is 49.3 Å². The number of amides is 1. The fourth-order valence-electron chi connectivity index (χ4n) is 2.14. The van der Waals surface area contributed by atoms with Gasteiger partial charge in [0.2, 0.25) is 0 Å². The predicted molar refractivity (Wildman–Crippen MR) is 90.2 cm³/mol. The molecule has 0 fully saturated rings. The summed E-state index contributed by atoms with van der Waals surface area (Å²) in [5.74, 6) is -2.53. The van der Waals surface area contributed by atoms with Gasteiger partial charge in [-0.3, -0.25) is 4.79 Å². The average Bonchev–Trinajstić information content (AvgIpc) is 3.26. The number of nitrogens with one attached hydrogen (secondary N) is 1. The summed E-state index contributed by atoms with van der Waals surface area (Å²) >= 11 is 2.90. The van der Waals surface area contributed by atoms with Gasteiger partial charge in [-0.25, -0.2) is 8.78 Å². The standard InChI is InChI=1S/C17H13F2NO2S2/c18-13-3-1-10(7-14(13)19)17(22)20-8-12-2-4-15(24-12)16(21)11-5-6-23-9-11/h1-7,9,16,21H,8H2,(H,20,22). The maximum Gasteiger partial charge on any atom is 0.251 e. The van der Waals surface area contributed by atoms with Crippen LogP contribution in [0.2, 0.25) is 0 Å². The number of benzene rings is 1. The van der Waals surface area contributed by atoms with Crippen LogP contribution in [0, 0.1) is 11.6 Å². The summed E-state index contributed by atoms with van der Waals surface area (Å²) in [5.41, 5.74) is 0.892. The molecular formula is C17H13F2NO2S2. The fourth-order valence-corrected chi connectivity index (χ4v) is 3.78. The van der Waals surface area contributed by atoms with E-state index in [-0.39, 0.29) is 12.1 Å². The zero-order valence-corrected chi connectivity index (χ0v) is 14.0. The molecule has 7 heteroatoms. The van der Waals surface area contributed by atoms with Crippen molar-refractivity contribution in [2.75, 3.05) is 0 Å².